The molecule has 0 heterocycles. The van der Waals surface area contributed by atoms with Crippen LogP contribution in [0.5, 0.6) is 0 Å². The molecule has 4 aromatic carbocycles. The minimum absolute atomic E-state index is 0.292. The molecule has 2 heteroatoms. The molecule has 0 N–H and O–H groups in total. The summed E-state index contributed by atoms with van der Waals surface area (Å²) in [5.41, 5.74) is 1.00. The van der Waals surface area contributed by atoms with Crippen LogP contribution in [0.15, 0.2) is 72.8 Å². The van der Waals surface area contributed by atoms with Crippen molar-refractivity contribution in [3.63, 3.8) is 0 Å². The van der Waals surface area contributed by atoms with Crippen molar-refractivity contribution < 1.29 is 8.78 Å². The molecule has 0 unspecified atom stereocenters. The standard InChI is InChI=1S/C20H12F2/c21-19-10-4-9-17(20(19)22)16-8-3-7-15-11-13-5-1-2-6-14(13)12-18(15)16/h1-12H. The second kappa shape index (κ2) is 4.92. The maximum Gasteiger partial charge on any atom is 0.166 e. The Morgan fingerprint density at radius 1 is 0.545 bits per heavy atom. The molecule has 0 bridgehead atoms. The lowest BCUT2D eigenvalue weighted by Crippen LogP contribution is -1.90. The van der Waals surface area contributed by atoms with Crippen molar-refractivity contribution in [3.05, 3.63) is 84.4 Å². The van der Waals surface area contributed by atoms with E-state index in [0.29, 0.717) is 11.1 Å². The van der Waals surface area contributed by atoms with Gasteiger partial charge in [-0.3, -0.25) is 0 Å². The van der Waals surface area contributed by atoms with Gasteiger partial charge in [-0.15, -0.1) is 0 Å². The first kappa shape index (κ1) is 13.0. The van der Waals surface area contributed by atoms with Gasteiger partial charge in [0.15, 0.2) is 11.6 Å². The molecule has 0 amide bonds. The predicted octanol–water partition coefficient (Wildman–Crippen LogP) is 5.94. The lowest BCUT2D eigenvalue weighted by atomic mass is 9.95. The molecule has 0 aliphatic heterocycles. The molecule has 106 valence electrons. The lowest BCUT2D eigenvalue weighted by molar-refractivity contribution is 0.511. The van der Waals surface area contributed by atoms with Crippen molar-refractivity contribution in [2.24, 2.45) is 0 Å². The highest BCUT2D eigenvalue weighted by Crippen LogP contribution is 2.33. The van der Waals surface area contributed by atoms with E-state index in [1.807, 2.05) is 48.5 Å². The van der Waals surface area contributed by atoms with Crippen LogP contribution in [0.1, 0.15) is 0 Å². The smallest absolute Gasteiger partial charge is 0.166 e. The molecule has 0 atom stereocenters. The maximum atomic E-state index is 14.2. The second-order valence-electron chi connectivity index (χ2n) is 5.33. The first-order chi connectivity index (χ1) is 10.7. The van der Waals surface area contributed by atoms with Crippen LogP contribution in [0.3, 0.4) is 0 Å². The van der Waals surface area contributed by atoms with Gasteiger partial charge >= 0.3 is 0 Å². The van der Waals surface area contributed by atoms with Crippen LogP contribution in [0.4, 0.5) is 8.78 Å². The molecule has 0 aliphatic carbocycles. The molecule has 0 radical (unpaired) electrons. The van der Waals surface area contributed by atoms with E-state index in [9.17, 15) is 8.78 Å². The normalized spacial score (nSPS) is 11.2. The van der Waals surface area contributed by atoms with E-state index >= 15 is 0 Å². The molecule has 0 fully saturated rings. The molecule has 4 rings (SSSR count). The van der Waals surface area contributed by atoms with E-state index in [-0.39, 0.29) is 0 Å². The summed E-state index contributed by atoms with van der Waals surface area (Å²) in [5.74, 6) is -1.63. The molecular formula is C20H12F2. The molecule has 22 heavy (non-hydrogen) atoms. The summed E-state index contributed by atoms with van der Waals surface area (Å²) in [6, 6.07) is 22.1. The molecular weight excluding hydrogens is 278 g/mol. The Kier molecular flexibility index (Phi) is 2.90. The number of halogens is 2. The first-order valence-corrected chi connectivity index (χ1v) is 7.10. The quantitative estimate of drug-likeness (QED) is 0.381. The zero-order valence-electron chi connectivity index (χ0n) is 11.7. The minimum Gasteiger partial charge on any atom is -0.204 e. The molecule has 0 aromatic heterocycles. The highest BCUT2D eigenvalue weighted by molar-refractivity contribution is 6.04. The maximum absolute atomic E-state index is 14.2. The molecule has 0 saturated carbocycles. The minimum atomic E-state index is -0.824. The van der Waals surface area contributed by atoms with Gasteiger partial charge in [0.2, 0.25) is 0 Å². The zero-order chi connectivity index (χ0) is 15.1. The summed E-state index contributed by atoms with van der Waals surface area (Å²) in [4.78, 5) is 0. The fourth-order valence-electron chi connectivity index (χ4n) is 2.91. The van der Waals surface area contributed by atoms with Crippen LogP contribution in [0, 0.1) is 11.6 Å². The van der Waals surface area contributed by atoms with Crippen molar-refractivity contribution in [2.45, 2.75) is 0 Å². The monoisotopic (exact) mass is 290 g/mol. The largest absolute Gasteiger partial charge is 0.204 e. The highest BCUT2D eigenvalue weighted by Gasteiger charge is 2.12. The van der Waals surface area contributed by atoms with E-state index in [4.69, 9.17) is 0 Å². The van der Waals surface area contributed by atoms with E-state index in [2.05, 4.69) is 6.07 Å². The third-order valence-corrected chi connectivity index (χ3v) is 3.99. The number of hydrogen-bond donors (Lipinski definition) is 0. The van der Waals surface area contributed by atoms with Crippen molar-refractivity contribution in [3.8, 4) is 11.1 Å². The van der Waals surface area contributed by atoms with Crippen LogP contribution < -0.4 is 0 Å². The Balaban J connectivity index is 2.09. The summed E-state index contributed by atoms with van der Waals surface area (Å²) in [5, 5.41) is 4.15. The van der Waals surface area contributed by atoms with Gasteiger partial charge in [-0.05, 0) is 45.3 Å². The number of hydrogen-bond acceptors (Lipinski definition) is 0. The predicted molar refractivity (Wildman–Crippen MR) is 86.8 cm³/mol. The van der Waals surface area contributed by atoms with Crippen molar-refractivity contribution in [2.75, 3.05) is 0 Å². The van der Waals surface area contributed by atoms with E-state index in [1.165, 1.54) is 6.07 Å². The Morgan fingerprint density at radius 3 is 2.00 bits per heavy atom. The second-order valence-corrected chi connectivity index (χ2v) is 5.33. The van der Waals surface area contributed by atoms with Gasteiger partial charge in [-0.25, -0.2) is 8.78 Å². The summed E-state index contributed by atoms with van der Waals surface area (Å²) < 4.78 is 27.7. The van der Waals surface area contributed by atoms with E-state index < -0.39 is 11.6 Å². The Morgan fingerprint density at radius 2 is 1.18 bits per heavy atom. The fraction of sp³-hybridized carbons (Fsp3) is 0. The Bertz CT molecular complexity index is 1000. The highest BCUT2D eigenvalue weighted by atomic mass is 19.2. The van der Waals surface area contributed by atoms with Gasteiger partial charge in [-0.2, -0.15) is 0 Å². The van der Waals surface area contributed by atoms with Crippen molar-refractivity contribution in [1.82, 2.24) is 0 Å². The first-order valence-electron chi connectivity index (χ1n) is 7.10. The van der Waals surface area contributed by atoms with Gasteiger partial charge in [0.25, 0.3) is 0 Å². The van der Waals surface area contributed by atoms with Crippen molar-refractivity contribution >= 4 is 21.5 Å². The summed E-state index contributed by atoms with van der Waals surface area (Å²) >= 11 is 0. The fourth-order valence-corrected chi connectivity index (χ4v) is 2.91. The number of rotatable bonds is 1. The average molecular weight is 290 g/mol. The average Bonchev–Trinajstić information content (AvgIpc) is 2.55. The molecule has 0 saturated heterocycles. The zero-order valence-corrected chi connectivity index (χ0v) is 11.7. The summed E-state index contributed by atoms with van der Waals surface area (Å²) in [6.45, 7) is 0. The summed E-state index contributed by atoms with van der Waals surface area (Å²) in [6.07, 6.45) is 0. The lowest BCUT2D eigenvalue weighted by Gasteiger charge is -2.10. The van der Waals surface area contributed by atoms with Gasteiger partial charge < -0.3 is 0 Å². The third kappa shape index (κ3) is 1.96. The van der Waals surface area contributed by atoms with Gasteiger partial charge in [0, 0.05) is 5.56 Å². The summed E-state index contributed by atoms with van der Waals surface area (Å²) in [7, 11) is 0. The van der Waals surface area contributed by atoms with Gasteiger partial charge in [-0.1, -0.05) is 54.6 Å². The van der Waals surface area contributed by atoms with Crippen LogP contribution >= 0.6 is 0 Å². The van der Waals surface area contributed by atoms with Gasteiger partial charge in [0.05, 0.1) is 0 Å². The molecule has 4 aromatic rings. The third-order valence-electron chi connectivity index (χ3n) is 3.99. The van der Waals surface area contributed by atoms with Crippen LogP contribution in [-0.4, -0.2) is 0 Å². The van der Waals surface area contributed by atoms with E-state index in [0.717, 1.165) is 27.6 Å². The topological polar surface area (TPSA) is 0 Å². The molecule has 0 aliphatic rings. The van der Waals surface area contributed by atoms with Crippen molar-refractivity contribution in [1.29, 1.82) is 0 Å². The van der Waals surface area contributed by atoms with Crippen LogP contribution in [-0.2, 0) is 0 Å². The Hall–Kier alpha value is -2.74. The van der Waals surface area contributed by atoms with Gasteiger partial charge in [0.1, 0.15) is 0 Å². The van der Waals surface area contributed by atoms with Crippen LogP contribution in [0.2, 0.25) is 0 Å². The van der Waals surface area contributed by atoms with Crippen LogP contribution in [0.25, 0.3) is 32.7 Å². The molecule has 0 nitrogen and oxygen atoms in total. The molecule has 0 spiro atoms. The number of fused-ring (bicyclic) bond motifs is 2. The number of benzene rings is 4. The SMILES string of the molecule is Fc1cccc(-c2cccc3cc4ccccc4cc23)c1F. The Labute approximate surface area is 126 Å². The van der Waals surface area contributed by atoms with E-state index in [1.54, 1.807) is 6.07 Å².